The third kappa shape index (κ3) is 3.58. The second kappa shape index (κ2) is 7.78. The maximum Gasteiger partial charge on any atom is 0.322 e. The smallest absolute Gasteiger partial charge is 0.322 e. The normalized spacial score (nSPS) is 14.2. The van der Waals surface area contributed by atoms with Crippen LogP contribution in [0.3, 0.4) is 0 Å². The number of fused-ring (bicyclic) bond motifs is 1. The number of methoxy groups -OCH3 is 2. The monoisotopic (exact) mass is 398 g/mol. The van der Waals surface area contributed by atoms with Crippen LogP contribution >= 0.6 is 0 Å². The average Bonchev–Trinajstić information content (AvgIpc) is 3.15. The highest BCUT2D eigenvalue weighted by Gasteiger charge is 2.25. The molecule has 1 aliphatic rings. The van der Waals surface area contributed by atoms with Crippen molar-refractivity contribution in [3.63, 3.8) is 0 Å². The van der Waals surface area contributed by atoms with Gasteiger partial charge in [-0.1, -0.05) is 5.21 Å². The molecule has 4 rings (SSSR count). The largest absolute Gasteiger partial charge is 0.497 e. The van der Waals surface area contributed by atoms with Gasteiger partial charge in [0.25, 0.3) is 0 Å². The lowest BCUT2D eigenvalue weighted by Crippen LogP contribution is -2.50. The lowest BCUT2D eigenvalue weighted by molar-refractivity contribution is 0.208. The summed E-state index contributed by atoms with van der Waals surface area (Å²) in [6.07, 6.45) is 1.51. The van der Waals surface area contributed by atoms with Crippen molar-refractivity contribution in [3.05, 3.63) is 24.5 Å². The lowest BCUT2D eigenvalue weighted by Gasteiger charge is -2.35. The Hall–Kier alpha value is -3.63. The molecule has 1 fully saturated rings. The molecule has 0 radical (unpaired) electrons. The minimum atomic E-state index is -0.180. The summed E-state index contributed by atoms with van der Waals surface area (Å²) in [5, 5.41) is 11.1. The molecule has 0 unspecified atom stereocenters. The number of urea groups is 1. The number of hydrogen-bond donors (Lipinski definition) is 1. The van der Waals surface area contributed by atoms with Gasteiger partial charge >= 0.3 is 6.03 Å². The number of benzene rings is 1. The number of rotatable bonds is 4. The van der Waals surface area contributed by atoms with Crippen LogP contribution in [-0.2, 0) is 7.05 Å². The highest BCUT2D eigenvalue weighted by molar-refractivity contribution is 5.91. The van der Waals surface area contributed by atoms with E-state index in [0.717, 1.165) is 5.82 Å². The van der Waals surface area contributed by atoms with E-state index >= 15 is 0 Å². The van der Waals surface area contributed by atoms with E-state index in [4.69, 9.17) is 9.47 Å². The molecule has 3 aromatic rings. The summed E-state index contributed by atoms with van der Waals surface area (Å²) in [4.78, 5) is 25.2. The fourth-order valence-corrected chi connectivity index (χ4v) is 3.29. The molecule has 0 spiro atoms. The van der Waals surface area contributed by atoms with E-state index in [1.54, 1.807) is 49.0 Å². The molecular formula is C18H22N8O3. The van der Waals surface area contributed by atoms with E-state index in [9.17, 15) is 4.79 Å². The van der Waals surface area contributed by atoms with Gasteiger partial charge in [-0.3, -0.25) is 0 Å². The number of anilines is 2. The number of carbonyl (C=O) groups is 1. The molecule has 3 heterocycles. The Morgan fingerprint density at radius 2 is 1.90 bits per heavy atom. The van der Waals surface area contributed by atoms with Crippen molar-refractivity contribution in [2.75, 3.05) is 50.6 Å². The molecule has 1 saturated heterocycles. The molecule has 1 N–H and O–H groups in total. The highest BCUT2D eigenvalue weighted by atomic mass is 16.5. The fraction of sp³-hybridized carbons (Fsp3) is 0.389. The summed E-state index contributed by atoms with van der Waals surface area (Å²) in [6.45, 7) is 2.37. The van der Waals surface area contributed by atoms with Gasteiger partial charge in [-0.25, -0.2) is 19.4 Å². The quantitative estimate of drug-likeness (QED) is 0.696. The summed E-state index contributed by atoms with van der Waals surface area (Å²) in [5.74, 6) is 1.94. The van der Waals surface area contributed by atoms with Crippen molar-refractivity contribution in [2.24, 2.45) is 7.05 Å². The molecule has 2 aromatic heterocycles. The molecule has 0 saturated carbocycles. The van der Waals surface area contributed by atoms with E-state index in [0.29, 0.717) is 54.5 Å². The van der Waals surface area contributed by atoms with Gasteiger partial charge in [-0.05, 0) is 12.1 Å². The van der Waals surface area contributed by atoms with Crippen LogP contribution in [0, 0.1) is 0 Å². The summed E-state index contributed by atoms with van der Waals surface area (Å²) < 4.78 is 12.1. The first-order chi connectivity index (χ1) is 14.1. The maximum absolute atomic E-state index is 12.7. The van der Waals surface area contributed by atoms with E-state index in [-0.39, 0.29) is 6.03 Å². The number of aryl methyl sites for hydroxylation is 1. The van der Waals surface area contributed by atoms with Crippen molar-refractivity contribution < 1.29 is 14.3 Å². The summed E-state index contributed by atoms with van der Waals surface area (Å²) in [6, 6.07) is 5.09. The van der Waals surface area contributed by atoms with Gasteiger partial charge in [-0.2, -0.15) is 0 Å². The Morgan fingerprint density at radius 3 is 2.62 bits per heavy atom. The van der Waals surface area contributed by atoms with Crippen LogP contribution in [0.2, 0.25) is 0 Å². The molecule has 11 nitrogen and oxygen atoms in total. The Balaban J connectivity index is 1.42. The molecule has 0 aliphatic carbocycles. The van der Waals surface area contributed by atoms with Crippen LogP contribution in [-0.4, -0.2) is 76.3 Å². The second-order valence-electron chi connectivity index (χ2n) is 6.55. The van der Waals surface area contributed by atoms with Gasteiger partial charge in [0.15, 0.2) is 17.0 Å². The maximum atomic E-state index is 12.7. The predicted molar refractivity (Wildman–Crippen MR) is 106 cm³/mol. The van der Waals surface area contributed by atoms with Crippen LogP contribution in [0.4, 0.5) is 16.3 Å². The third-order valence-electron chi connectivity index (χ3n) is 4.89. The number of piperazine rings is 1. The van der Waals surface area contributed by atoms with E-state index < -0.39 is 0 Å². The molecule has 11 heteroatoms. The Bertz CT molecular complexity index is 1030. The number of carbonyl (C=O) groups excluding carboxylic acids is 1. The summed E-state index contributed by atoms with van der Waals surface area (Å²) in [7, 11) is 4.93. The Kier molecular flexibility index (Phi) is 5.02. The molecule has 1 aromatic carbocycles. The fourth-order valence-electron chi connectivity index (χ4n) is 3.29. The summed E-state index contributed by atoms with van der Waals surface area (Å²) >= 11 is 0. The molecule has 0 bridgehead atoms. The number of aromatic nitrogens is 5. The zero-order chi connectivity index (χ0) is 20.4. The van der Waals surface area contributed by atoms with E-state index in [2.05, 4.69) is 30.5 Å². The van der Waals surface area contributed by atoms with E-state index in [1.165, 1.54) is 6.33 Å². The third-order valence-corrected chi connectivity index (χ3v) is 4.89. The standard InChI is InChI=1S/C18H22N8O3/c1-24-16-15(22-23-24)17(20-11-19-16)25-6-8-26(9-7-25)18(27)21-13-5-4-12(28-2)10-14(13)29-3/h4-5,10-11H,6-9H2,1-3H3,(H,21,27). The van der Waals surface area contributed by atoms with Crippen LogP contribution in [0.5, 0.6) is 11.5 Å². The first-order valence-electron chi connectivity index (χ1n) is 9.14. The Morgan fingerprint density at radius 1 is 1.10 bits per heavy atom. The SMILES string of the molecule is COc1ccc(NC(=O)N2CCN(c3ncnc4c3nnn4C)CC2)c(OC)c1. The minimum Gasteiger partial charge on any atom is -0.497 e. The van der Waals surface area contributed by atoms with Gasteiger partial charge in [0, 0.05) is 39.3 Å². The van der Waals surface area contributed by atoms with Gasteiger partial charge in [-0.15, -0.1) is 5.10 Å². The molecule has 152 valence electrons. The van der Waals surface area contributed by atoms with Gasteiger partial charge < -0.3 is 24.6 Å². The van der Waals surface area contributed by atoms with E-state index in [1.807, 2.05) is 0 Å². The van der Waals surface area contributed by atoms with Gasteiger partial charge in [0.2, 0.25) is 0 Å². The first kappa shape index (κ1) is 18.7. The molecule has 1 aliphatic heterocycles. The van der Waals surface area contributed by atoms with Crippen molar-refractivity contribution in [2.45, 2.75) is 0 Å². The number of ether oxygens (including phenoxy) is 2. The van der Waals surface area contributed by atoms with Crippen LogP contribution < -0.4 is 19.7 Å². The zero-order valence-electron chi connectivity index (χ0n) is 16.5. The topological polar surface area (TPSA) is 111 Å². The first-order valence-corrected chi connectivity index (χ1v) is 9.14. The average molecular weight is 398 g/mol. The van der Waals surface area contributed by atoms with Crippen LogP contribution in [0.15, 0.2) is 24.5 Å². The zero-order valence-corrected chi connectivity index (χ0v) is 16.5. The highest BCUT2D eigenvalue weighted by Crippen LogP contribution is 2.29. The van der Waals surface area contributed by atoms with Crippen molar-refractivity contribution in [1.82, 2.24) is 29.9 Å². The van der Waals surface area contributed by atoms with Crippen LogP contribution in [0.25, 0.3) is 11.2 Å². The lowest BCUT2D eigenvalue weighted by atomic mass is 10.2. The summed E-state index contributed by atoms with van der Waals surface area (Å²) in [5.41, 5.74) is 1.94. The molecular weight excluding hydrogens is 376 g/mol. The minimum absolute atomic E-state index is 0.180. The number of amides is 2. The van der Waals surface area contributed by atoms with Gasteiger partial charge in [0.05, 0.1) is 19.9 Å². The predicted octanol–water partition coefficient (Wildman–Crippen LogP) is 1.13. The van der Waals surface area contributed by atoms with Crippen LogP contribution in [0.1, 0.15) is 0 Å². The molecule has 0 atom stereocenters. The van der Waals surface area contributed by atoms with Crippen molar-refractivity contribution in [3.8, 4) is 11.5 Å². The van der Waals surface area contributed by atoms with Gasteiger partial charge in [0.1, 0.15) is 17.8 Å². The molecule has 29 heavy (non-hydrogen) atoms. The second-order valence-corrected chi connectivity index (χ2v) is 6.55. The molecule has 2 amide bonds. The number of nitrogens with one attached hydrogen (secondary N) is 1. The number of nitrogens with zero attached hydrogens (tertiary/aromatic N) is 7. The Labute approximate surface area is 167 Å². The van der Waals surface area contributed by atoms with Crippen molar-refractivity contribution >= 4 is 28.7 Å². The van der Waals surface area contributed by atoms with Crippen molar-refractivity contribution in [1.29, 1.82) is 0 Å². The number of hydrogen-bond acceptors (Lipinski definition) is 8.